The zero-order valence-corrected chi connectivity index (χ0v) is 15.9. The molecule has 2 rings (SSSR count). The number of carbonyl (C=O) groups is 2. The first-order valence-electron chi connectivity index (χ1n) is 7.78. The van der Waals surface area contributed by atoms with E-state index in [2.05, 4.69) is 21.2 Å². The molecule has 0 aromatic heterocycles. The van der Waals surface area contributed by atoms with Crippen molar-refractivity contribution in [3.63, 3.8) is 0 Å². The molecule has 0 saturated heterocycles. The molecule has 0 bridgehead atoms. The second kappa shape index (κ2) is 8.67. The third-order valence-corrected chi connectivity index (χ3v) is 4.38. The molecule has 25 heavy (non-hydrogen) atoms. The zero-order valence-electron chi connectivity index (χ0n) is 14.3. The second-order valence-corrected chi connectivity index (χ2v) is 6.44. The van der Waals surface area contributed by atoms with E-state index in [0.29, 0.717) is 11.3 Å². The lowest BCUT2D eigenvalue weighted by molar-refractivity contribution is -0.124. The molecule has 0 aliphatic rings. The van der Waals surface area contributed by atoms with Gasteiger partial charge in [0.15, 0.2) is 6.61 Å². The molecule has 132 valence electrons. The summed E-state index contributed by atoms with van der Waals surface area (Å²) in [4.78, 5) is 24.3. The van der Waals surface area contributed by atoms with Gasteiger partial charge in [0, 0.05) is 4.47 Å². The van der Waals surface area contributed by atoms with E-state index in [1.165, 1.54) is 7.11 Å². The number of carbonyl (C=O) groups excluding carboxylic acids is 2. The number of hydrogen-bond donors (Lipinski definition) is 1. The number of nitrogens with one attached hydrogen (secondary N) is 1. The highest BCUT2D eigenvalue weighted by Gasteiger charge is 2.17. The molecule has 2 aromatic carbocycles. The Morgan fingerprint density at radius 1 is 1.20 bits per heavy atom. The maximum atomic E-state index is 12.2. The second-order valence-electron chi connectivity index (χ2n) is 5.59. The minimum absolute atomic E-state index is 0.213. The molecule has 0 unspecified atom stereocenters. The molecule has 0 aliphatic heterocycles. The lowest BCUT2D eigenvalue weighted by atomic mass is 10.1. The molecule has 0 heterocycles. The van der Waals surface area contributed by atoms with E-state index in [0.717, 1.165) is 15.6 Å². The molecule has 0 aliphatic carbocycles. The normalized spacial score (nSPS) is 11.5. The summed E-state index contributed by atoms with van der Waals surface area (Å²) in [6, 6.07) is 12.6. The summed E-state index contributed by atoms with van der Waals surface area (Å²) < 4.78 is 11.2. The van der Waals surface area contributed by atoms with Crippen LogP contribution in [0.15, 0.2) is 46.9 Å². The van der Waals surface area contributed by atoms with E-state index < -0.39 is 5.97 Å². The molecule has 1 amide bonds. The Bertz CT molecular complexity index is 776. The fourth-order valence-electron chi connectivity index (χ4n) is 2.38. The summed E-state index contributed by atoms with van der Waals surface area (Å²) in [6.07, 6.45) is 0. The van der Waals surface area contributed by atoms with Gasteiger partial charge in [-0.05, 0) is 37.6 Å². The van der Waals surface area contributed by atoms with Gasteiger partial charge in [-0.25, -0.2) is 4.79 Å². The number of aryl methyl sites for hydroxylation is 1. The van der Waals surface area contributed by atoms with Crippen molar-refractivity contribution in [3.8, 4) is 5.75 Å². The molecule has 0 spiro atoms. The van der Waals surface area contributed by atoms with Crippen LogP contribution in [-0.4, -0.2) is 25.6 Å². The highest BCUT2D eigenvalue weighted by molar-refractivity contribution is 9.10. The van der Waals surface area contributed by atoms with Gasteiger partial charge in [-0.1, -0.05) is 45.8 Å². The molecular weight excluding hydrogens is 386 g/mol. The van der Waals surface area contributed by atoms with E-state index in [-0.39, 0.29) is 18.6 Å². The Hall–Kier alpha value is -2.34. The lowest BCUT2D eigenvalue weighted by Gasteiger charge is -2.16. The van der Waals surface area contributed by atoms with Crippen LogP contribution in [0.5, 0.6) is 5.75 Å². The van der Waals surface area contributed by atoms with Gasteiger partial charge in [-0.15, -0.1) is 0 Å². The van der Waals surface area contributed by atoms with Crippen molar-refractivity contribution in [2.24, 2.45) is 0 Å². The van der Waals surface area contributed by atoms with E-state index in [1.807, 2.05) is 44.2 Å². The van der Waals surface area contributed by atoms with Crippen LogP contribution in [-0.2, 0) is 9.53 Å². The van der Waals surface area contributed by atoms with Crippen LogP contribution >= 0.6 is 15.9 Å². The Morgan fingerprint density at radius 3 is 2.60 bits per heavy atom. The minimum Gasteiger partial charge on any atom is -0.496 e. The van der Waals surface area contributed by atoms with E-state index >= 15 is 0 Å². The molecule has 5 nitrogen and oxygen atoms in total. The van der Waals surface area contributed by atoms with Gasteiger partial charge < -0.3 is 14.8 Å². The third kappa shape index (κ3) is 5.06. The van der Waals surface area contributed by atoms with Crippen molar-refractivity contribution < 1.29 is 19.1 Å². The summed E-state index contributed by atoms with van der Waals surface area (Å²) in [5.41, 5.74) is 2.15. The Labute approximate surface area is 155 Å². The predicted octanol–water partition coefficient (Wildman–Crippen LogP) is 3.80. The third-order valence-electron chi connectivity index (χ3n) is 3.66. The molecule has 1 N–H and O–H groups in total. The summed E-state index contributed by atoms with van der Waals surface area (Å²) in [5, 5.41) is 2.81. The van der Waals surface area contributed by atoms with Crippen molar-refractivity contribution in [1.82, 2.24) is 5.32 Å². The fourth-order valence-corrected chi connectivity index (χ4v) is 3.01. The average Bonchev–Trinajstić information content (AvgIpc) is 2.59. The largest absolute Gasteiger partial charge is 0.496 e. The molecular formula is C19H20BrNO4. The minimum atomic E-state index is -0.593. The van der Waals surface area contributed by atoms with E-state index in [1.54, 1.807) is 12.1 Å². The van der Waals surface area contributed by atoms with Gasteiger partial charge in [-0.2, -0.15) is 0 Å². The van der Waals surface area contributed by atoms with E-state index in [9.17, 15) is 9.59 Å². The van der Waals surface area contributed by atoms with Gasteiger partial charge in [0.05, 0.1) is 13.2 Å². The SMILES string of the molecule is COc1ccc(C)cc1C(=O)OCC(=O)N[C@H](C)c1ccccc1Br. The number of benzene rings is 2. The standard InChI is InChI=1S/C19H20BrNO4/c1-12-8-9-17(24-3)15(10-12)19(23)25-11-18(22)21-13(2)14-6-4-5-7-16(14)20/h4-10,13H,11H2,1-3H3,(H,21,22)/t13-/m1/s1. The van der Waals surface area contributed by atoms with Crippen LogP contribution in [0.4, 0.5) is 0 Å². The first-order chi connectivity index (χ1) is 11.9. The number of ether oxygens (including phenoxy) is 2. The highest BCUT2D eigenvalue weighted by atomic mass is 79.9. The van der Waals surface area contributed by atoms with Crippen molar-refractivity contribution >= 4 is 27.8 Å². The number of esters is 1. The Balaban J connectivity index is 1.95. The van der Waals surface area contributed by atoms with Gasteiger partial charge in [0.1, 0.15) is 11.3 Å². The van der Waals surface area contributed by atoms with Crippen LogP contribution in [0.25, 0.3) is 0 Å². The highest BCUT2D eigenvalue weighted by Crippen LogP contribution is 2.23. The number of hydrogen-bond acceptors (Lipinski definition) is 4. The maximum Gasteiger partial charge on any atom is 0.342 e. The van der Waals surface area contributed by atoms with Crippen LogP contribution in [0, 0.1) is 6.92 Å². The summed E-state index contributed by atoms with van der Waals surface area (Å²) in [6.45, 7) is 3.37. The molecule has 0 fully saturated rings. The van der Waals surface area contributed by atoms with Crippen molar-refractivity contribution in [2.45, 2.75) is 19.9 Å². The van der Waals surface area contributed by atoms with Gasteiger partial charge in [0.2, 0.25) is 0 Å². The topological polar surface area (TPSA) is 64.6 Å². The smallest absolute Gasteiger partial charge is 0.342 e. The van der Waals surface area contributed by atoms with Crippen LogP contribution in [0.3, 0.4) is 0 Å². The van der Waals surface area contributed by atoms with Gasteiger partial charge in [0.25, 0.3) is 5.91 Å². The van der Waals surface area contributed by atoms with E-state index in [4.69, 9.17) is 9.47 Å². The van der Waals surface area contributed by atoms with Crippen LogP contribution < -0.4 is 10.1 Å². The molecule has 0 radical (unpaired) electrons. The fraction of sp³-hybridized carbons (Fsp3) is 0.263. The van der Waals surface area contributed by atoms with Crippen molar-refractivity contribution in [2.75, 3.05) is 13.7 Å². The van der Waals surface area contributed by atoms with Gasteiger partial charge >= 0.3 is 5.97 Å². The number of amides is 1. The maximum absolute atomic E-state index is 12.2. The lowest BCUT2D eigenvalue weighted by Crippen LogP contribution is -2.31. The van der Waals surface area contributed by atoms with Crippen molar-refractivity contribution in [1.29, 1.82) is 0 Å². The quantitative estimate of drug-likeness (QED) is 0.742. The number of rotatable bonds is 6. The van der Waals surface area contributed by atoms with Gasteiger partial charge in [-0.3, -0.25) is 4.79 Å². The number of halogens is 1. The molecule has 2 aromatic rings. The first-order valence-corrected chi connectivity index (χ1v) is 8.57. The molecule has 6 heteroatoms. The summed E-state index contributed by atoms with van der Waals surface area (Å²) in [7, 11) is 1.48. The number of methoxy groups -OCH3 is 1. The molecule has 1 atom stereocenters. The van der Waals surface area contributed by atoms with Crippen LogP contribution in [0.2, 0.25) is 0 Å². The first kappa shape index (κ1) is 19.0. The Kier molecular flexibility index (Phi) is 6.58. The predicted molar refractivity (Wildman–Crippen MR) is 98.7 cm³/mol. The molecule has 0 saturated carbocycles. The summed E-state index contributed by atoms with van der Waals surface area (Å²) >= 11 is 3.45. The zero-order chi connectivity index (χ0) is 18.4. The van der Waals surface area contributed by atoms with Crippen LogP contribution in [0.1, 0.15) is 34.5 Å². The Morgan fingerprint density at radius 2 is 1.92 bits per heavy atom. The summed E-state index contributed by atoms with van der Waals surface area (Å²) in [5.74, 6) is -0.551. The monoisotopic (exact) mass is 405 g/mol. The van der Waals surface area contributed by atoms with Crippen molar-refractivity contribution in [3.05, 3.63) is 63.6 Å². The average molecular weight is 406 g/mol.